The normalized spacial score (nSPS) is 10.9. The van der Waals surface area contributed by atoms with Gasteiger partial charge in [0.2, 0.25) is 0 Å². The van der Waals surface area contributed by atoms with Crippen LogP contribution in [0.5, 0.6) is 11.5 Å². The van der Waals surface area contributed by atoms with Crippen molar-refractivity contribution in [2.75, 3.05) is 25.3 Å². The molecule has 0 atom stereocenters. The molecule has 202 valence electrons. The van der Waals surface area contributed by atoms with Crippen LogP contribution in [-0.2, 0) is 4.79 Å². The van der Waals surface area contributed by atoms with Crippen LogP contribution in [0.4, 0.5) is 5.69 Å². The van der Waals surface area contributed by atoms with Gasteiger partial charge in [-0.05, 0) is 48.5 Å². The van der Waals surface area contributed by atoms with Gasteiger partial charge in [-0.15, -0.1) is 11.8 Å². The Kier molecular flexibility index (Phi) is 9.74. The third-order valence-electron chi connectivity index (χ3n) is 5.83. The summed E-state index contributed by atoms with van der Waals surface area (Å²) in [4.78, 5) is 39.7. The zero-order valence-electron chi connectivity index (χ0n) is 22.0. The summed E-state index contributed by atoms with van der Waals surface area (Å²) in [5.41, 5.74) is 2.17. The van der Waals surface area contributed by atoms with E-state index in [-0.39, 0.29) is 17.2 Å². The van der Waals surface area contributed by atoms with Crippen LogP contribution in [0.15, 0.2) is 114 Å². The van der Waals surface area contributed by atoms with Crippen molar-refractivity contribution in [3.63, 3.8) is 0 Å². The van der Waals surface area contributed by atoms with Gasteiger partial charge in [-0.25, -0.2) is 0 Å². The summed E-state index contributed by atoms with van der Waals surface area (Å²) in [7, 11) is 3.06. The molecule has 0 aliphatic rings. The highest BCUT2D eigenvalue weighted by Crippen LogP contribution is 2.27. The minimum Gasteiger partial charge on any atom is -0.497 e. The first-order valence-electron chi connectivity index (χ1n) is 12.4. The van der Waals surface area contributed by atoms with E-state index in [9.17, 15) is 14.4 Å². The zero-order valence-corrected chi connectivity index (χ0v) is 22.9. The Hall–Kier alpha value is -4.82. The lowest BCUT2D eigenvalue weighted by molar-refractivity contribution is -0.113. The molecule has 0 heterocycles. The predicted molar refractivity (Wildman–Crippen MR) is 158 cm³/mol. The van der Waals surface area contributed by atoms with Gasteiger partial charge in [0.05, 0.1) is 20.0 Å². The Balaban J connectivity index is 1.55. The van der Waals surface area contributed by atoms with E-state index < -0.39 is 11.8 Å². The fourth-order valence-corrected chi connectivity index (χ4v) is 4.60. The Morgan fingerprint density at radius 3 is 2.15 bits per heavy atom. The van der Waals surface area contributed by atoms with E-state index in [0.29, 0.717) is 33.9 Å². The molecule has 4 aromatic rings. The second kappa shape index (κ2) is 13.8. The number of amides is 2. The molecule has 8 heteroatoms. The molecule has 0 aliphatic heterocycles. The van der Waals surface area contributed by atoms with E-state index in [0.717, 1.165) is 4.90 Å². The summed E-state index contributed by atoms with van der Waals surface area (Å²) in [5.74, 6) is 0.385. The van der Waals surface area contributed by atoms with Gasteiger partial charge in [-0.3, -0.25) is 14.4 Å². The molecule has 0 unspecified atom stereocenters. The predicted octanol–water partition coefficient (Wildman–Crippen LogP) is 6.09. The first kappa shape index (κ1) is 28.2. The van der Waals surface area contributed by atoms with E-state index in [1.54, 1.807) is 92.0 Å². The Labute approximate surface area is 237 Å². The number of ketones is 1. The number of hydrogen-bond acceptors (Lipinski definition) is 6. The van der Waals surface area contributed by atoms with Crippen molar-refractivity contribution in [1.82, 2.24) is 5.32 Å². The summed E-state index contributed by atoms with van der Waals surface area (Å²) in [6.45, 7) is 0. The van der Waals surface area contributed by atoms with Crippen molar-refractivity contribution in [1.29, 1.82) is 0 Å². The monoisotopic (exact) mass is 552 g/mol. The molecule has 0 fully saturated rings. The molecular weight excluding hydrogens is 524 g/mol. The number of anilines is 1. The minimum absolute atomic E-state index is 0.0160. The molecule has 2 N–H and O–H groups in total. The van der Waals surface area contributed by atoms with Crippen molar-refractivity contribution in [2.45, 2.75) is 4.90 Å². The molecule has 0 saturated heterocycles. The van der Waals surface area contributed by atoms with Gasteiger partial charge in [0.25, 0.3) is 11.8 Å². The quantitative estimate of drug-likeness (QED) is 0.133. The topological polar surface area (TPSA) is 93.7 Å². The van der Waals surface area contributed by atoms with E-state index in [4.69, 9.17) is 9.47 Å². The molecule has 0 aliphatic carbocycles. The molecule has 0 bridgehead atoms. The summed E-state index contributed by atoms with van der Waals surface area (Å²) < 4.78 is 10.7. The number of thioether (sulfide) groups is 1. The number of benzene rings is 4. The Bertz CT molecular complexity index is 1520. The van der Waals surface area contributed by atoms with E-state index in [1.807, 2.05) is 24.3 Å². The number of ether oxygens (including phenoxy) is 2. The van der Waals surface area contributed by atoms with Crippen molar-refractivity contribution >= 4 is 41.1 Å². The molecule has 40 heavy (non-hydrogen) atoms. The molecule has 0 saturated carbocycles. The van der Waals surface area contributed by atoms with Crippen LogP contribution in [0.3, 0.4) is 0 Å². The molecular formula is C32H28N2O5S. The number of methoxy groups -OCH3 is 2. The zero-order chi connectivity index (χ0) is 28.3. The van der Waals surface area contributed by atoms with Crippen LogP contribution in [0.25, 0.3) is 6.08 Å². The first-order valence-corrected chi connectivity index (χ1v) is 13.4. The maximum absolute atomic E-state index is 13.4. The molecule has 0 spiro atoms. The lowest BCUT2D eigenvalue weighted by Gasteiger charge is -2.13. The molecule has 2 amide bonds. The van der Waals surface area contributed by atoms with Gasteiger partial charge in [-0.1, -0.05) is 54.6 Å². The van der Waals surface area contributed by atoms with Gasteiger partial charge in [-0.2, -0.15) is 0 Å². The highest BCUT2D eigenvalue weighted by atomic mass is 32.2. The summed E-state index contributed by atoms with van der Waals surface area (Å²) in [6, 6.07) is 30.1. The van der Waals surface area contributed by atoms with Gasteiger partial charge in [0.1, 0.15) is 17.2 Å². The van der Waals surface area contributed by atoms with Crippen molar-refractivity contribution in [2.24, 2.45) is 0 Å². The number of carbonyl (C=O) groups excluding carboxylic acids is 3. The number of hydrogen-bond donors (Lipinski definition) is 2. The molecule has 4 aromatic carbocycles. The second-order valence-electron chi connectivity index (χ2n) is 8.55. The van der Waals surface area contributed by atoms with Crippen molar-refractivity contribution in [3.05, 3.63) is 126 Å². The van der Waals surface area contributed by atoms with Crippen LogP contribution in [-0.4, -0.2) is 37.6 Å². The average Bonchev–Trinajstić information content (AvgIpc) is 3.00. The van der Waals surface area contributed by atoms with Crippen LogP contribution >= 0.6 is 11.8 Å². The van der Waals surface area contributed by atoms with Gasteiger partial charge in [0.15, 0.2) is 5.78 Å². The molecule has 4 rings (SSSR count). The smallest absolute Gasteiger partial charge is 0.272 e. The third kappa shape index (κ3) is 7.61. The molecule has 0 aromatic heterocycles. The minimum atomic E-state index is -0.523. The lowest BCUT2D eigenvalue weighted by atomic mass is 10.1. The average molecular weight is 553 g/mol. The second-order valence-corrected chi connectivity index (χ2v) is 9.59. The number of Topliss-reactive ketones (excluding diaryl/α,β-unsaturated/α-hetero) is 1. The third-order valence-corrected chi connectivity index (χ3v) is 6.82. The van der Waals surface area contributed by atoms with Crippen LogP contribution in [0.1, 0.15) is 26.3 Å². The standard InChI is InChI=1S/C32H28N2O5S/c1-38-26-17-16-24(30(20-26)39-2)18-28(34-31(36)23-12-7-4-8-13-23)32(37)33-25-14-9-15-27(19-25)40-21-29(35)22-10-5-3-6-11-22/h3-20H,21H2,1-2H3,(H,33,37)(H,34,36)/b28-18-. The molecule has 7 nitrogen and oxygen atoms in total. The lowest BCUT2D eigenvalue weighted by Crippen LogP contribution is -2.30. The van der Waals surface area contributed by atoms with Gasteiger partial charge < -0.3 is 20.1 Å². The largest absolute Gasteiger partial charge is 0.497 e. The number of rotatable bonds is 11. The van der Waals surface area contributed by atoms with Crippen LogP contribution in [0.2, 0.25) is 0 Å². The Morgan fingerprint density at radius 1 is 0.775 bits per heavy atom. The SMILES string of the molecule is COc1ccc(/C=C(\NC(=O)c2ccccc2)C(=O)Nc2cccc(SCC(=O)c3ccccc3)c2)c(OC)c1. The van der Waals surface area contributed by atoms with Gasteiger partial charge in [0, 0.05) is 33.3 Å². The Morgan fingerprint density at radius 2 is 1.48 bits per heavy atom. The summed E-state index contributed by atoms with van der Waals surface area (Å²) >= 11 is 1.38. The fraction of sp³-hybridized carbons (Fsp3) is 0.0938. The summed E-state index contributed by atoms with van der Waals surface area (Å²) in [5, 5.41) is 5.58. The van der Waals surface area contributed by atoms with Crippen LogP contribution < -0.4 is 20.1 Å². The summed E-state index contributed by atoms with van der Waals surface area (Å²) in [6.07, 6.45) is 1.55. The van der Waals surface area contributed by atoms with E-state index in [2.05, 4.69) is 10.6 Å². The first-order chi connectivity index (χ1) is 19.5. The van der Waals surface area contributed by atoms with Gasteiger partial charge >= 0.3 is 0 Å². The maximum Gasteiger partial charge on any atom is 0.272 e. The highest BCUT2D eigenvalue weighted by Gasteiger charge is 2.17. The fourth-order valence-electron chi connectivity index (χ4n) is 3.75. The van der Waals surface area contributed by atoms with E-state index >= 15 is 0 Å². The van der Waals surface area contributed by atoms with E-state index in [1.165, 1.54) is 18.9 Å². The highest BCUT2D eigenvalue weighted by molar-refractivity contribution is 8.00. The van der Waals surface area contributed by atoms with Crippen molar-refractivity contribution in [3.8, 4) is 11.5 Å². The molecule has 0 radical (unpaired) electrons. The van der Waals surface area contributed by atoms with Crippen LogP contribution in [0, 0.1) is 0 Å². The van der Waals surface area contributed by atoms with Crippen molar-refractivity contribution < 1.29 is 23.9 Å². The number of carbonyl (C=O) groups is 3. The number of nitrogens with one attached hydrogen (secondary N) is 2. The maximum atomic E-state index is 13.4.